The highest BCUT2D eigenvalue weighted by Crippen LogP contribution is 2.41. The van der Waals surface area contributed by atoms with Gasteiger partial charge in [-0.1, -0.05) is 17.7 Å². The van der Waals surface area contributed by atoms with E-state index >= 15 is 0 Å². The zero-order valence-corrected chi connectivity index (χ0v) is 18.7. The van der Waals surface area contributed by atoms with Crippen LogP contribution in [0.3, 0.4) is 0 Å². The minimum absolute atomic E-state index is 0.106. The highest BCUT2D eigenvalue weighted by Gasteiger charge is 2.31. The summed E-state index contributed by atoms with van der Waals surface area (Å²) in [5.41, 5.74) is 2.98. The van der Waals surface area contributed by atoms with Gasteiger partial charge in [-0.15, -0.1) is 0 Å². The Morgan fingerprint density at radius 3 is 2.45 bits per heavy atom. The Morgan fingerprint density at radius 2 is 1.84 bits per heavy atom. The van der Waals surface area contributed by atoms with Crippen molar-refractivity contribution in [1.29, 1.82) is 0 Å². The van der Waals surface area contributed by atoms with Crippen LogP contribution in [0.5, 0.6) is 23.0 Å². The molecule has 0 bridgehead atoms. The smallest absolute Gasteiger partial charge is 0.229 e. The second kappa shape index (κ2) is 9.10. The van der Waals surface area contributed by atoms with Crippen molar-refractivity contribution in [3.8, 4) is 23.0 Å². The number of hydrogen-bond acceptors (Lipinski definition) is 5. The van der Waals surface area contributed by atoms with Gasteiger partial charge in [-0.3, -0.25) is 4.79 Å². The number of carbonyl (C=O) groups excluding carboxylic acids is 1. The summed E-state index contributed by atoms with van der Waals surface area (Å²) in [4.78, 5) is 15.0. The number of fused-ring (bicyclic) bond motifs is 1. The average molecular weight is 444 g/mol. The van der Waals surface area contributed by atoms with Crippen LogP contribution in [0.1, 0.15) is 17.5 Å². The van der Waals surface area contributed by atoms with Gasteiger partial charge in [0.2, 0.25) is 5.91 Å². The molecule has 164 valence electrons. The maximum absolute atomic E-state index is 13.1. The molecule has 4 rings (SSSR count). The van der Waals surface area contributed by atoms with Crippen LogP contribution in [0.2, 0.25) is 5.02 Å². The van der Waals surface area contributed by atoms with E-state index in [1.54, 1.807) is 27.4 Å². The summed E-state index contributed by atoms with van der Waals surface area (Å²) in [7, 11) is 4.87. The van der Waals surface area contributed by atoms with Crippen LogP contribution in [-0.4, -0.2) is 51.8 Å². The molecule has 2 aromatic rings. The van der Waals surface area contributed by atoms with Gasteiger partial charge >= 0.3 is 0 Å². The van der Waals surface area contributed by atoms with Crippen LogP contribution in [0.4, 0.5) is 0 Å². The first-order valence-corrected chi connectivity index (χ1v) is 10.6. The number of nitrogens with zero attached hydrogens (tertiary/aromatic N) is 1. The van der Waals surface area contributed by atoms with Gasteiger partial charge < -0.3 is 23.8 Å². The van der Waals surface area contributed by atoms with Gasteiger partial charge in [-0.05, 0) is 42.2 Å². The number of halogens is 1. The molecule has 6 nitrogen and oxygen atoms in total. The third-order valence-corrected chi connectivity index (χ3v) is 6.07. The molecule has 0 fully saturated rings. The fourth-order valence-electron chi connectivity index (χ4n) is 4.20. The summed E-state index contributed by atoms with van der Waals surface area (Å²) in [6, 6.07) is 9.24. The topological polar surface area (TPSA) is 57.2 Å². The molecule has 1 amide bonds. The normalized spacial score (nSPS) is 17.9. The lowest BCUT2D eigenvalue weighted by atomic mass is 9.93. The molecule has 0 saturated heterocycles. The van der Waals surface area contributed by atoms with E-state index in [0.29, 0.717) is 54.8 Å². The minimum atomic E-state index is -0.203. The molecule has 2 aliphatic heterocycles. The van der Waals surface area contributed by atoms with Gasteiger partial charge in [-0.25, -0.2) is 0 Å². The zero-order chi connectivity index (χ0) is 22.0. The summed E-state index contributed by atoms with van der Waals surface area (Å²) in [6.45, 7) is 1.55. The van der Waals surface area contributed by atoms with E-state index in [4.69, 9.17) is 30.5 Å². The van der Waals surface area contributed by atoms with Crippen LogP contribution >= 0.6 is 11.6 Å². The molecule has 7 heteroatoms. The van der Waals surface area contributed by atoms with Gasteiger partial charge in [0.15, 0.2) is 0 Å². The largest absolute Gasteiger partial charge is 0.496 e. The van der Waals surface area contributed by atoms with Crippen LogP contribution in [0.25, 0.3) is 5.57 Å². The van der Waals surface area contributed by atoms with Crippen LogP contribution in [0, 0.1) is 5.92 Å². The first-order valence-electron chi connectivity index (χ1n) is 10.2. The summed E-state index contributed by atoms with van der Waals surface area (Å²) in [5, 5.41) is 0.656. The Morgan fingerprint density at radius 1 is 1.10 bits per heavy atom. The summed E-state index contributed by atoms with van der Waals surface area (Å²) < 4.78 is 22.3. The number of ether oxygens (including phenoxy) is 4. The Kier molecular flexibility index (Phi) is 6.28. The standard InChI is InChI=1S/C24H26ClNO5/c1-28-19-12-21(29-2)23(22(13-19)30-3)15-6-8-26(9-7-15)24(27)17-10-16-11-18(25)4-5-20(16)31-14-17/h4-6,11-13,17H,7-10,14H2,1-3H3. The van der Waals surface area contributed by atoms with Crippen molar-refractivity contribution in [1.82, 2.24) is 4.90 Å². The van der Waals surface area contributed by atoms with E-state index in [0.717, 1.165) is 22.4 Å². The Labute approximate surface area is 187 Å². The lowest BCUT2D eigenvalue weighted by molar-refractivity contribution is -0.136. The fourth-order valence-corrected chi connectivity index (χ4v) is 4.39. The number of rotatable bonds is 5. The summed E-state index contributed by atoms with van der Waals surface area (Å²) >= 11 is 6.11. The first-order chi connectivity index (χ1) is 15.0. The minimum Gasteiger partial charge on any atom is -0.496 e. The predicted molar refractivity (Wildman–Crippen MR) is 119 cm³/mol. The molecule has 1 unspecified atom stereocenters. The highest BCUT2D eigenvalue weighted by molar-refractivity contribution is 6.30. The number of methoxy groups -OCH3 is 3. The SMILES string of the molecule is COc1cc(OC)c(C2=CCN(C(=O)C3COc4ccc(Cl)cc4C3)CC2)c(OC)c1. The molecule has 2 heterocycles. The lowest BCUT2D eigenvalue weighted by Gasteiger charge is -2.32. The Bertz CT molecular complexity index is 994. The molecule has 0 aromatic heterocycles. The Hall–Kier alpha value is -2.86. The molecular weight excluding hydrogens is 418 g/mol. The van der Waals surface area contributed by atoms with Crippen LogP contribution < -0.4 is 18.9 Å². The monoisotopic (exact) mass is 443 g/mol. The van der Waals surface area contributed by atoms with Gasteiger partial charge in [0.05, 0.1) is 32.8 Å². The van der Waals surface area contributed by atoms with Gasteiger partial charge in [0.1, 0.15) is 29.6 Å². The number of benzene rings is 2. The molecular formula is C24H26ClNO5. The number of carbonyl (C=O) groups is 1. The second-order valence-corrected chi connectivity index (χ2v) is 8.07. The predicted octanol–water partition coefficient (Wildman–Crippen LogP) is 4.23. The van der Waals surface area contributed by atoms with E-state index < -0.39 is 0 Å². The molecule has 0 spiro atoms. The molecule has 1 atom stereocenters. The van der Waals surface area contributed by atoms with Crippen LogP contribution in [0.15, 0.2) is 36.4 Å². The number of hydrogen-bond donors (Lipinski definition) is 0. The molecule has 2 aliphatic rings. The van der Waals surface area contributed by atoms with E-state index in [2.05, 4.69) is 6.08 Å². The third kappa shape index (κ3) is 4.30. The fraction of sp³-hybridized carbons (Fsp3) is 0.375. The van der Waals surface area contributed by atoms with Crippen molar-refractivity contribution >= 4 is 23.1 Å². The molecule has 0 saturated carbocycles. The molecule has 31 heavy (non-hydrogen) atoms. The molecule has 0 N–H and O–H groups in total. The van der Waals surface area contributed by atoms with Gasteiger partial charge in [0, 0.05) is 30.2 Å². The zero-order valence-electron chi connectivity index (χ0n) is 17.9. The van der Waals surface area contributed by atoms with Crippen molar-refractivity contribution in [2.24, 2.45) is 5.92 Å². The molecule has 2 aromatic carbocycles. The van der Waals surface area contributed by atoms with E-state index in [1.165, 1.54) is 0 Å². The highest BCUT2D eigenvalue weighted by atomic mass is 35.5. The quantitative estimate of drug-likeness (QED) is 0.692. The van der Waals surface area contributed by atoms with Crippen molar-refractivity contribution < 1.29 is 23.7 Å². The van der Waals surface area contributed by atoms with Gasteiger partial charge in [-0.2, -0.15) is 0 Å². The summed E-state index contributed by atoms with van der Waals surface area (Å²) in [6.07, 6.45) is 3.42. The number of amides is 1. The van der Waals surface area contributed by atoms with Crippen molar-refractivity contribution in [3.05, 3.63) is 52.6 Å². The van der Waals surface area contributed by atoms with E-state index in [1.807, 2.05) is 29.2 Å². The first kappa shape index (κ1) is 21.4. The third-order valence-electron chi connectivity index (χ3n) is 5.84. The maximum Gasteiger partial charge on any atom is 0.229 e. The van der Waals surface area contributed by atoms with E-state index in [-0.39, 0.29) is 11.8 Å². The maximum atomic E-state index is 13.1. The van der Waals surface area contributed by atoms with Crippen molar-refractivity contribution in [2.45, 2.75) is 12.8 Å². The van der Waals surface area contributed by atoms with E-state index in [9.17, 15) is 4.79 Å². The van der Waals surface area contributed by atoms with Gasteiger partial charge in [0.25, 0.3) is 0 Å². The molecule has 0 radical (unpaired) electrons. The van der Waals surface area contributed by atoms with Crippen molar-refractivity contribution in [2.75, 3.05) is 41.0 Å². The summed E-state index contributed by atoms with van der Waals surface area (Å²) in [5.74, 6) is 2.77. The van der Waals surface area contributed by atoms with Crippen molar-refractivity contribution in [3.63, 3.8) is 0 Å². The lowest BCUT2D eigenvalue weighted by Crippen LogP contribution is -2.42. The molecule has 0 aliphatic carbocycles. The average Bonchev–Trinajstić information content (AvgIpc) is 2.82. The second-order valence-electron chi connectivity index (χ2n) is 7.63. The Balaban J connectivity index is 1.50. The van der Waals surface area contributed by atoms with Crippen LogP contribution in [-0.2, 0) is 11.2 Å².